The molecule has 0 unspecified atom stereocenters. The van der Waals surface area contributed by atoms with Gasteiger partial charge < -0.3 is 14.8 Å². The van der Waals surface area contributed by atoms with Crippen LogP contribution in [-0.2, 0) is 19.1 Å². The van der Waals surface area contributed by atoms with Crippen molar-refractivity contribution in [3.05, 3.63) is 59.7 Å². The predicted molar refractivity (Wildman–Crippen MR) is 117 cm³/mol. The number of benzene rings is 2. The van der Waals surface area contributed by atoms with Crippen molar-refractivity contribution in [1.29, 1.82) is 0 Å². The van der Waals surface area contributed by atoms with Gasteiger partial charge in [-0.2, -0.15) is 0 Å². The van der Waals surface area contributed by atoms with Crippen LogP contribution in [-0.4, -0.2) is 43.5 Å². The molecule has 0 fully saturated rings. The third kappa shape index (κ3) is 5.42. The molecule has 0 aromatic heterocycles. The van der Waals surface area contributed by atoms with E-state index in [9.17, 15) is 9.59 Å². The number of hydroxylamine groups is 1. The van der Waals surface area contributed by atoms with Gasteiger partial charge in [0.05, 0.1) is 18.8 Å². The molecule has 0 radical (unpaired) electrons. The third-order valence-corrected chi connectivity index (χ3v) is 5.11. The minimum atomic E-state index is -0.977. The van der Waals surface area contributed by atoms with Gasteiger partial charge in [-0.3, -0.25) is 9.63 Å². The van der Waals surface area contributed by atoms with Crippen LogP contribution in [0.4, 0.5) is 4.79 Å². The molecule has 31 heavy (non-hydrogen) atoms. The van der Waals surface area contributed by atoms with Crippen molar-refractivity contribution in [3.8, 4) is 11.1 Å². The largest absolute Gasteiger partial charge is 0.449 e. The van der Waals surface area contributed by atoms with Crippen molar-refractivity contribution in [2.75, 3.05) is 13.7 Å². The highest BCUT2D eigenvalue weighted by Crippen LogP contribution is 2.44. The zero-order valence-corrected chi connectivity index (χ0v) is 18.6. The van der Waals surface area contributed by atoms with Gasteiger partial charge in [-0.1, -0.05) is 48.5 Å². The van der Waals surface area contributed by atoms with E-state index in [0.29, 0.717) is 0 Å². The summed E-state index contributed by atoms with van der Waals surface area (Å²) in [4.78, 5) is 29.7. The number of rotatable bonds is 7. The second-order valence-corrected chi connectivity index (χ2v) is 8.55. The Morgan fingerprint density at radius 2 is 1.55 bits per heavy atom. The Balaban J connectivity index is 1.70. The molecule has 7 nitrogen and oxygen atoms in total. The van der Waals surface area contributed by atoms with Gasteiger partial charge >= 0.3 is 6.09 Å². The second-order valence-electron chi connectivity index (χ2n) is 8.55. The maximum Gasteiger partial charge on any atom is 0.407 e. The van der Waals surface area contributed by atoms with Gasteiger partial charge in [0.25, 0.3) is 5.91 Å². The van der Waals surface area contributed by atoms with E-state index in [-0.39, 0.29) is 12.5 Å². The SMILES string of the molecule is CONC(=O)[C@H](NC(=O)OCC1c2ccccc2-c2ccccc21)[C@@H](C)OC(C)(C)C. The zero-order chi connectivity index (χ0) is 22.6. The molecule has 3 rings (SSSR count). The summed E-state index contributed by atoms with van der Waals surface area (Å²) in [6.07, 6.45) is -1.29. The van der Waals surface area contributed by atoms with Crippen LogP contribution in [0, 0.1) is 0 Å². The van der Waals surface area contributed by atoms with Gasteiger partial charge in [0.15, 0.2) is 0 Å². The summed E-state index contributed by atoms with van der Waals surface area (Å²) < 4.78 is 11.4. The van der Waals surface area contributed by atoms with Crippen molar-refractivity contribution < 1.29 is 23.9 Å². The van der Waals surface area contributed by atoms with Crippen LogP contribution in [0.15, 0.2) is 48.5 Å². The standard InChI is InChI=1S/C24H30N2O5/c1-15(31-24(2,3)4)21(22(27)26-29-5)25-23(28)30-14-20-18-12-8-6-10-16(18)17-11-7-9-13-19(17)20/h6-13,15,20-21H,14H2,1-5H3,(H,25,28)(H,26,27)/t15-,21-/m1/s1. The van der Waals surface area contributed by atoms with Crippen LogP contribution in [0.25, 0.3) is 11.1 Å². The van der Waals surface area contributed by atoms with Crippen LogP contribution in [0.2, 0.25) is 0 Å². The number of fused-ring (bicyclic) bond motifs is 3. The number of nitrogens with one attached hydrogen (secondary N) is 2. The summed E-state index contributed by atoms with van der Waals surface area (Å²) in [6.45, 7) is 7.51. The highest BCUT2D eigenvalue weighted by atomic mass is 16.6. The average Bonchev–Trinajstić information content (AvgIpc) is 3.03. The van der Waals surface area contributed by atoms with E-state index in [2.05, 4.69) is 35.1 Å². The van der Waals surface area contributed by atoms with Gasteiger partial charge in [0, 0.05) is 5.92 Å². The normalized spacial score (nSPS) is 14.9. The first-order valence-electron chi connectivity index (χ1n) is 10.3. The molecule has 2 aromatic carbocycles. The van der Waals surface area contributed by atoms with E-state index < -0.39 is 29.7 Å². The molecular formula is C24H30N2O5. The average molecular weight is 427 g/mol. The lowest BCUT2D eigenvalue weighted by Crippen LogP contribution is -2.54. The fraction of sp³-hybridized carbons (Fsp3) is 0.417. The van der Waals surface area contributed by atoms with Gasteiger partial charge in [-0.15, -0.1) is 0 Å². The van der Waals surface area contributed by atoms with Crippen LogP contribution in [0.1, 0.15) is 44.7 Å². The van der Waals surface area contributed by atoms with Crippen molar-refractivity contribution in [2.45, 2.75) is 51.4 Å². The summed E-state index contributed by atoms with van der Waals surface area (Å²) in [7, 11) is 1.33. The lowest BCUT2D eigenvalue weighted by atomic mass is 9.98. The Morgan fingerprint density at radius 3 is 2.06 bits per heavy atom. The Labute approximate surface area is 183 Å². The molecule has 0 saturated heterocycles. The third-order valence-electron chi connectivity index (χ3n) is 5.11. The number of hydrogen-bond donors (Lipinski definition) is 2. The Kier molecular flexibility index (Phi) is 6.97. The van der Waals surface area contributed by atoms with Gasteiger partial charge in [0.2, 0.25) is 0 Å². The highest BCUT2D eigenvalue weighted by Gasteiger charge is 2.33. The van der Waals surface area contributed by atoms with Crippen LogP contribution >= 0.6 is 0 Å². The molecule has 0 spiro atoms. The Bertz CT molecular complexity index is 892. The van der Waals surface area contributed by atoms with E-state index in [1.165, 1.54) is 7.11 Å². The van der Waals surface area contributed by atoms with Crippen molar-refractivity contribution in [3.63, 3.8) is 0 Å². The molecule has 0 aliphatic heterocycles. The maximum atomic E-state index is 12.6. The first-order valence-corrected chi connectivity index (χ1v) is 10.3. The number of carbonyl (C=O) groups is 2. The summed E-state index contributed by atoms with van der Waals surface area (Å²) in [5.41, 5.74) is 6.30. The van der Waals surface area contributed by atoms with Gasteiger partial charge in [-0.25, -0.2) is 10.3 Å². The van der Waals surface area contributed by atoms with E-state index in [1.54, 1.807) is 6.92 Å². The highest BCUT2D eigenvalue weighted by molar-refractivity contribution is 5.85. The maximum absolute atomic E-state index is 12.6. The predicted octanol–water partition coefficient (Wildman–Crippen LogP) is 3.77. The summed E-state index contributed by atoms with van der Waals surface area (Å²) in [5, 5.41) is 2.62. The van der Waals surface area contributed by atoms with Crippen molar-refractivity contribution in [1.82, 2.24) is 10.8 Å². The van der Waals surface area contributed by atoms with E-state index in [4.69, 9.17) is 14.3 Å². The number of ether oxygens (including phenoxy) is 2. The van der Waals surface area contributed by atoms with Crippen LogP contribution in [0.5, 0.6) is 0 Å². The van der Waals surface area contributed by atoms with E-state index in [0.717, 1.165) is 22.3 Å². The van der Waals surface area contributed by atoms with Crippen molar-refractivity contribution in [2.24, 2.45) is 0 Å². The molecule has 166 valence electrons. The van der Waals surface area contributed by atoms with Gasteiger partial charge in [-0.05, 0) is 49.9 Å². The Hall–Kier alpha value is -2.90. The molecule has 1 aliphatic carbocycles. The minimum Gasteiger partial charge on any atom is -0.449 e. The van der Waals surface area contributed by atoms with Crippen molar-refractivity contribution >= 4 is 12.0 Å². The first-order chi connectivity index (χ1) is 14.7. The number of alkyl carbamates (subject to hydrolysis) is 1. The number of hydrogen-bond acceptors (Lipinski definition) is 5. The number of carbonyl (C=O) groups excluding carboxylic acids is 2. The quantitative estimate of drug-likeness (QED) is 0.658. The molecule has 0 heterocycles. The molecule has 2 aromatic rings. The Morgan fingerprint density at radius 1 is 1.00 bits per heavy atom. The molecule has 0 bridgehead atoms. The molecule has 2 atom stereocenters. The lowest BCUT2D eigenvalue weighted by molar-refractivity contribution is -0.141. The molecule has 0 saturated carbocycles. The molecule has 2 amide bonds. The molecule has 2 N–H and O–H groups in total. The second kappa shape index (κ2) is 9.49. The topological polar surface area (TPSA) is 85.9 Å². The lowest BCUT2D eigenvalue weighted by Gasteiger charge is -2.30. The minimum absolute atomic E-state index is 0.0624. The zero-order valence-electron chi connectivity index (χ0n) is 18.6. The number of amides is 2. The first kappa shape index (κ1) is 22.8. The molecule has 7 heteroatoms. The monoisotopic (exact) mass is 426 g/mol. The van der Waals surface area contributed by atoms with E-state index >= 15 is 0 Å². The molecular weight excluding hydrogens is 396 g/mol. The van der Waals surface area contributed by atoms with E-state index in [1.807, 2.05) is 45.0 Å². The summed E-state index contributed by atoms with van der Waals surface area (Å²) in [6, 6.07) is 15.2. The van der Waals surface area contributed by atoms with Gasteiger partial charge in [0.1, 0.15) is 12.6 Å². The fourth-order valence-electron chi connectivity index (χ4n) is 3.95. The smallest absolute Gasteiger partial charge is 0.407 e. The van der Waals surface area contributed by atoms with Crippen LogP contribution < -0.4 is 10.8 Å². The fourth-order valence-corrected chi connectivity index (χ4v) is 3.95. The summed E-state index contributed by atoms with van der Waals surface area (Å²) in [5.74, 6) is -0.583. The molecule has 1 aliphatic rings. The van der Waals surface area contributed by atoms with Crippen LogP contribution in [0.3, 0.4) is 0 Å². The summed E-state index contributed by atoms with van der Waals surface area (Å²) >= 11 is 0.